The maximum absolute atomic E-state index is 11.9. The molecule has 5 heteroatoms. The minimum atomic E-state index is -0.0691. The van der Waals surface area contributed by atoms with Crippen LogP contribution in [-0.2, 0) is 0 Å². The van der Waals surface area contributed by atoms with Gasteiger partial charge in [-0.15, -0.1) is 11.3 Å². The molecule has 0 aromatic carbocycles. The quantitative estimate of drug-likeness (QED) is 0.800. The maximum Gasteiger partial charge on any atom is 0.261 e. The van der Waals surface area contributed by atoms with Crippen LogP contribution < -0.4 is 10.1 Å². The van der Waals surface area contributed by atoms with Crippen LogP contribution in [0, 0.1) is 5.41 Å². The second kappa shape index (κ2) is 6.75. The van der Waals surface area contributed by atoms with Crippen LogP contribution in [0.25, 0.3) is 0 Å². The van der Waals surface area contributed by atoms with E-state index in [0.717, 1.165) is 12.8 Å². The zero-order valence-electron chi connectivity index (χ0n) is 11.2. The number of carbonyl (C=O) groups is 1. The Kier molecular flexibility index (Phi) is 5.62. The van der Waals surface area contributed by atoms with E-state index in [2.05, 4.69) is 19.2 Å². The Morgan fingerprint density at radius 2 is 2.28 bits per heavy atom. The third-order valence-electron chi connectivity index (χ3n) is 2.77. The summed E-state index contributed by atoms with van der Waals surface area (Å²) in [6, 6.07) is 1.74. The van der Waals surface area contributed by atoms with Crippen LogP contribution in [0.3, 0.4) is 0 Å². The minimum Gasteiger partial charge on any atom is -0.496 e. The molecule has 0 fully saturated rings. The highest BCUT2D eigenvalue weighted by molar-refractivity contribution is 7.12. The van der Waals surface area contributed by atoms with Gasteiger partial charge in [-0.1, -0.05) is 13.8 Å². The number of nitrogens with one attached hydrogen (secondary N) is 1. The number of amides is 1. The summed E-state index contributed by atoms with van der Waals surface area (Å²) in [4.78, 5) is 12.5. The van der Waals surface area contributed by atoms with Crippen LogP contribution in [0.4, 0.5) is 0 Å². The normalized spacial score (nSPS) is 11.3. The highest BCUT2D eigenvalue weighted by Crippen LogP contribution is 2.23. The first-order valence-electron chi connectivity index (χ1n) is 6.00. The van der Waals surface area contributed by atoms with E-state index in [-0.39, 0.29) is 17.9 Å². The molecular weight excluding hydrogens is 250 g/mol. The number of hydrogen-bond acceptors (Lipinski definition) is 4. The van der Waals surface area contributed by atoms with Crippen LogP contribution in [0.1, 0.15) is 36.4 Å². The molecule has 1 rings (SSSR count). The highest BCUT2D eigenvalue weighted by atomic mass is 32.1. The average Bonchev–Trinajstić information content (AvgIpc) is 2.82. The van der Waals surface area contributed by atoms with Gasteiger partial charge in [-0.25, -0.2) is 0 Å². The highest BCUT2D eigenvalue weighted by Gasteiger charge is 2.19. The summed E-state index contributed by atoms with van der Waals surface area (Å²) in [6.07, 6.45) is 1.65. The van der Waals surface area contributed by atoms with Gasteiger partial charge in [-0.2, -0.15) is 0 Å². The summed E-state index contributed by atoms with van der Waals surface area (Å²) in [6.45, 7) is 4.96. The van der Waals surface area contributed by atoms with Gasteiger partial charge in [0.2, 0.25) is 0 Å². The topological polar surface area (TPSA) is 58.6 Å². The molecule has 1 amide bonds. The zero-order chi connectivity index (χ0) is 13.6. The zero-order valence-corrected chi connectivity index (χ0v) is 12.0. The lowest BCUT2D eigenvalue weighted by molar-refractivity contribution is 0.0937. The average molecular weight is 271 g/mol. The first kappa shape index (κ1) is 15.0. The SMILES string of the molecule is COc1csc(C(=O)NCC(C)(C)CCCO)c1. The van der Waals surface area contributed by atoms with E-state index in [0.29, 0.717) is 17.2 Å². The fourth-order valence-corrected chi connectivity index (χ4v) is 2.37. The fourth-order valence-electron chi connectivity index (χ4n) is 1.60. The van der Waals surface area contributed by atoms with Gasteiger partial charge in [0.05, 0.1) is 12.0 Å². The van der Waals surface area contributed by atoms with Gasteiger partial charge in [0.1, 0.15) is 5.75 Å². The molecule has 4 nitrogen and oxygen atoms in total. The summed E-state index contributed by atoms with van der Waals surface area (Å²) in [5.74, 6) is 0.644. The molecule has 0 bridgehead atoms. The van der Waals surface area contributed by atoms with Crippen molar-refractivity contribution in [2.45, 2.75) is 26.7 Å². The van der Waals surface area contributed by atoms with Gasteiger partial charge in [0.15, 0.2) is 0 Å². The summed E-state index contributed by atoms with van der Waals surface area (Å²) in [5, 5.41) is 13.5. The maximum atomic E-state index is 11.9. The van der Waals surface area contributed by atoms with Crippen molar-refractivity contribution < 1.29 is 14.6 Å². The van der Waals surface area contributed by atoms with Crippen molar-refractivity contribution >= 4 is 17.2 Å². The first-order chi connectivity index (χ1) is 8.48. The summed E-state index contributed by atoms with van der Waals surface area (Å²) in [7, 11) is 1.59. The molecule has 0 radical (unpaired) electrons. The molecule has 18 heavy (non-hydrogen) atoms. The Morgan fingerprint density at radius 3 is 2.83 bits per heavy atom. The van der Waals surface area contributed by atoms with Crippen molar-refractivity contribution in [3.8, 4) is 5.75 Å². The van der Waals surface area contributed by atoms with Crippen molar-refractivity contribution in [2.75, 3.05) is 20.3 Å². The molecule has 1 aromatic heterocycles. The molecular formula is C13H21NO3S. The lowest BCUT2D eigenvalue weighted by Crippen LogP contribution is -2.33. The standard InChI is InChI=1S/C13H21NO3S/c1-13(2,5-4-6-15)9-14-12(16)11-7-10(17-3)8-18-11/h7-8,15H,4-6,9H2,1-3H3,(H,14,16). The van der Waals surface area contributed by atoms with E-state index >= 15 is 0 Å². The number of thiophene rings is 1. The number of hydrogen-bond donors (Lipinski definition) is 2. The van der Waals surface area contributed by atoms with Gasteiger partial charge in [-0.3, -0.25) is 4.79 Å². The number of aliphatic hydroxyl groups excluding tert-OH is 1. The molecule has 1 aromatic rings. The Balaban J connectivity index is 2.45. The number of aliphatic hydroxyl groups is 1. The second-order valence-corrected chi connectivity index (χ2v) is 5.94. The summed E-state index contributed by atoms with van der Waals surface area (Å²) in [5.41, 5.74) is -0.000262. The molecule has 0 saturated heterocycles. The van der Waals surface area contributed by atoms with E-state index in [9.17, 15) is 4.79 Å². The molecule has 0 spiro atoms. The van der Waals surface area contributed by atoms with Gasteiger partial charge in [0.25, 0.3) is 5.91 Å². The third kappa shape index (κ3) is 4.66. The monoisotopic (exact) mass is 271 g/mol. The first-order valence-corrected chi connectivity index (χ1v) is 6.88. The third-order valence-corrected chi connectivity index (χ3v) is 3.68. The van der Waals surface area contributed by atoms with Crippen LogP contribution in [0.2, 0.25) is 0 Å². The largest absolute Gasteiger partial charge is 0.496 e. The number of ether oxygens (including phenoxy) is 1. The van der Waals surface area contributed by atoms with Crippen LogP contribution in [0.5, 0.6) is 5.75 Å². The molecule has 0 unspecified atom stereocenters. The fraction of sp³-hybridized carbons (Fsp3) is 0.615. The predicted octanol–water partition coefficient (Wildman–Crippen LogP) is 2.29. The second-order valence-electron chi connectivity index (χ2n) is 5.02. The van der Waals surface area contributed by atoms with E-state index in [1.807, 2.05) is 5.38 Å². The van der Waals surface area contributed by atoms with Crippen LogP contribution >= 0.6 is 11.3 Å². The number of rotatable bonds is 7. The van der Waals surface area contributed by atoms with E-state index in [4.69, 9.17) is 9.84 Å². The van der Waals surface area contributed by atoms with Gasteiger partial charge < -0.3 is 15.2 Å². The number of methoxy groups -OCH3 is 1. The molecule has 2 N–H and O–H groups in total. The van der Waals surface area contributed by atoms with E-state index < -0.39 is 0 Å². The molecule has 0 saturated carbocycles. The van der Waals surface area contributed by atoms with Crippen LogP contribution in [0.15, 0.2) is 11.4 Å². The predicted molar refractivity (Wildman–Crippen MR) is 73.3 cm³/mol. The van der Waals surface area contributed by atoms with Crippen LogP contribution in [-0.4, -0.2) is 31.3 Å². The molecule has 0 aliphatic carbocycles. The van der Waals surface area contributed by atoms with Crippen molar-refractivity contribution in [1.82, 2.24) is 5.32 Å². The van der Waals surface area contributed by atoms with Crippen molar-refractivity contribution in [3.63, 3.8) is 0 Å². The summed E-state index contributed by atoms with van der Waals surface area (Å²) >= 11 is 1.37. The Hall–Kier alpha value is -1.07. The molecule has 0 atom stereocenters. The summed E-state index contributed by atoms with van der Waals surface area (Å²) < 4.78 is 5.05. The Labute approximate surface area is 112 Å². The van der Waals surface area contributed by atoms with Crippen molar-refractivity contribution in [2.24, 2.45) is 5.41 Å². The smallest absolute Gasteiger partial charge is 0.261 e. The number of carbonyl (C=O) groups excluding carboxylic acids is 1. The molecule has 0 aliphatic rings. The van der Waals surface area contributed by atoms with Gasteiger partial charge in [0, 0.05) is 24.6 Å². The Morgan fingerprint density at radius 1 is 1.56 bits per heavy atom. The van der Waals surface area contributed by atoms with E-state index in [1.165, 1.54) is 11.3 Å². The molecule has 1 heterocycles. The van der Waals surface area contributed by atoms with Crippen molar-refractivity contribution in [1.29, 1.82) is 0 Å². The molecule has 102 valence electrons. The van der Waals surface area contributed by atoms with Gasteiger partial charge in [-0.05, 0) is 18.3 Å². The lowest BCUT2D eigenvalue weighted by Gasteiger charge is -2.24. The lowest BCUT2D eigenvalue weighted by atomic mass is 9.88. The Bertz CT molecular complexity index is 387. The van der Waals surface area contributed by atoms with Crippen molar-refractivity contribution in [3.05, 3.63) is 16.3 Å². The van der Waals surface area contributed by atoms with E-state index in [1.54, 1.807) is 13.2 Å². The van der Waals surface area contributed by atoms with Gasteiger partial charge >= 0.3 is 0 Å². The minimum absolute atomic E-state index is 0.000262. The molecule has 0 aliphatic heterocycles.